The molecule has 0 N–H and O–H groups in total. The van der Waals surface area contributed by atoms with Crippen LogP contribution in [0.4, 0.5) is 4.39 Å². The Morgan fingerprint density at radius 1 is 1.23 bits per heavy atom. The van der Waals surface area contributed by atoms with E-state index >= 15 is 0 Å². The molecule has 2 aromatic rings. The van der Waals surface area contributed by atoms with E-state index in [1.807, 2.05) is 51.8 Å². The molecule has 0 bridgehead atoms. The summed E-state index contributed by atoms with van der Waals surface area (Å²) in [6, 6.07) is 6.26. The molecule has 0 radical (unpaired) electrons. The third kappa shape index (κ3) is 11.4. The van der Waals surface area contributed by atoms with Gasteiger partial charge in [-0.2, -0.15) is 11.8 Å². The van der Waals surface area contributed by atoms with Crippen LogP contribution in [0.1, 0.15) is 72.2 Å². The smallest absolute Gasteiger partial charge is 0.337 e. The van der Waals surface area contributed by atoms with Gasteiger partial charge >= 0.3 is 5.97 Å². The van der Waals surface area contributed by atoms with Crippen molar-refractivity contribution >= 4 is 50.8 Å². The van der Waals surface area contributed by atoms with Crippen molar-refractivity contribution in [1.29, 1.82) is 0 Å². The van der Waals surface area contributed by atoms with Crippen molar-refractivity contribution in [2.75, 3.05) is 31.7 Å². The maximum atomic E-state index is 12.1. The molecule has 218 valence electrons. The molecule has 1 atom stereocenters. The van der Waals surface area contributed by atoms with E-state index in [0.717, 1.165) is 39.9 Å². The molecule has 1 saturated heterocycles. The number of amidine groups is 1. The molecule has 1 saturated carbocycles. The summed E-state index contributed by atoms with van der Waals surface area (Å²) < 4.78 is 18.1. The van der Waals surface area contributed by atoms with E-state index in [4.69, 9.17) is 4.74 Å². The number of carbonyl (C=O) groups is 1. The molecule has 9 heteroatoms. The Balaban J connectivity index is 0.000000329. The third-order valence-corrected chi connectivity index (χ3v) is 8.12. The standard InChI is InChI=1S/C14H17N3O2S.C6H4BrF.C6H12S.2C2H6/c1-3-19-14(18)10-8-16-12(13-15-5-7-20-13)17-6-4-9(2)11(10)17;7-5-2-1-3-6(8)4-5;1-7-5-6-3-2-4-6;2*1-2/h5,7,9H,3-4,6,8H2,1-2H3;1-4H;6H,2-5H2,1H3;2*1-2H3. The molecule has 5 nitrogen and oxygen atoms in total. The first kappa shape index (κ1) is 35.3. The third-order valence-electron chi connectivity index (χ3n) is 6.05. The normalized spacial score (nSPS) is 17.3. The van der Waals surface area contributed by atoms with Gasteiger partial charge in [0, 0.05) is 28.3 Å². The predicted molar refractivity (Wildman–Crippen MR) is 170 cm³/mol. The molecule has 39 heavy (non-hydrogen) atoms. The number of esters is 1. The highest BCUT2D eigenvalue weighted by molar-refractivity contribution is 9.10. The van der Waals surface area contributed by atoms with Crippen LogP contribution in [-0.2, 0) is 9.53 Å². The highest BCUT2D eigenvalue weighted by Gasteiger charge is 2.36. The summed E-state index contributed by atoms with van der Waals surface area (Å²) in [7, 11) is 0. The maximum absolute atomic E-state index is 12.1. The molecule has 5 rings (SSSR count). The summed E-state index contributed by atoms with van der Waals surface area (Å²) in [5.41, 5.74) is 1.78. The predicted octanol–water partition coefficient (Wildman–Crippen LogP) is 8.85. The van der Waals surface area contributed by atoms with Crippen molar-refractivity contribution in [1.82, 2.24) is 9.88 Å². The van der Waals surface area contributed by atoms with Crippen molar-refractivity contribution in [2.24, 2.45) is 16.8 Å². The van der Waals surface area contributed by atoms with Crippen molar-refractivity contribution < 1.29 is 13.9 Å². The number of hydrogen-bond acceptors (Lipinski definition) is 7. The lowest BCUT2D eigenvalue weighted by atomic mass is 9.87. The number of aromatic nitrogens is 1. The first-order valence-corrected chi connectivity index (χ1v) is 17.0. The number of rotatable bonds is 5. The second-order valence-corrected chi connectivity index (χ2v) is 11.3. The van der Waals surface area contributed by atoms with Crippen LogP contribution in [0.25, 0.3) is 0 Å². The van der Waals surface area contributed by atoms with Crippen LogP contribution in [0.5, 0.6) is 0 Å². The first-order chi connectivity index (χ1) is 18.9. The van der Waals surface area contributed by atoms with Gasteiger partial charge in [0.15, 0.2) is 10.8 Å². The van der Waals surface area contributed by atoms with Crippen molar-refractivity contribution in [3.05, 3.63) is 62.4 Å². The fraction of sp³-hybridized carbons (Fsp3) is 0.567. The zero-order valence-corrected chi connectivity index (χ0v) is 27.7. The van der Waals surface area contributed by atoms with Gasteiger partial charge < -0.3 is 9.64 Å². The molecule has 1 aliphatic carbocycles. The highest BCUT2D eigenvalue weighted by atomic mass is 79.9. The summed E-state index contributed by atoms with van der Waals surface area (Å²) in [4.78, 5) is 23.1. The highest BCUT2D eigenvalue weighted by Crippen LogP contribution is 2.35. The summed E-state index contributed by atoms with van der Waals surface area (Å²) in [5.74, 6) is 3.31. The largest absolute Gasteiger partial charge is 0.463 e. The number of hydrogen-bond donors (Lipinski definition) is 0. The molecule has 1 aromatic heterocycles. The lowest BCUT2D eigenvalue weighted by molar-refractivity contribution is -0.138. The number of benzene rings is 1. The monoisotopic (exact) mass is 641 g/mol. The Kier molecular flexibility index (Phi) is 18.3. The number of carbonyl (C=O) groups excluding carboxylic acids is 1. The molecule has 2 aliphatic heterocycles. The Bertz CT molecular complexity index is 1010. The minimum atomic E-state index is -0.233. The van der Waals surface area contributed by atoms with Gasteiger partial charge in [0.1, 0.15) is 5.82 Å². The summed E-state index contributed by atoms with van der Waals surface area (Å²) in [6.07, 6.45) is 9.50. The zero-order valence-electron chi connectivity index (χ0n) is 24.5. The van der Waals surface area contributed by atoms with E-state index in [2.05, 4.69) is 44.0 Å². The average molecular weight is 643 g/mol. The van der Waals surface area contributed by atoms with Crippen LogP contribution in [0.2, 0.25) is 0 Å². The molecule has 3 heterocycles. The van der Waals surface area contributed by atoms with Crippen molar-refractivity contribution in [2.45, 2.75) is 67.2 Å². The molecular formula is C30H45BrFN3O2S2. The van der Waals surface area contributed by atoms with Gasteiger partial charge in [-0.25, -0.2) is 14.2 Å². The quantitative estimate of drug-likeness (QED) is 0.305. The lowest BCUT2D eigenvalue weighted by Gasteiger charge is -2.28. The molecule has 0 spiro atoms. The number of fused-ring (bicyclic) bond motifs is 1. The Labute approximate surface area is 251 Å². The number of nitrogens with zero attached hydrogens (tertiary/aromatic N) is 3. The second kappa shape index (κ2) is 20.2. The van der Waals surface area contributed by atoms with Crippen LogP contribution < -0.4 is 0 Å². The summed E-state index contributed by atoms with van der Waals surface area (Å²) in [5, 5.41) is 2.86. The van der Waals surface area contributed by atoms with Crippen LogP contribution >= 0.6 is 39.0 Å². The average Bonchev–Trinajstić information content (AvgIpc) is 3.60. The number of ether oxygens (including phenoxy) is 1. The van der Waals surface area contributed by atoms with Crippen LogP contribution in [-0.4, -0.2) is 53.4 Å². The molecule has 2 fully saturated rings. The molecular weight excluding hydrogens is 597 g/mol. The lowest BCUT2D eigenvalue weighted by Crippen LogP contribution is -2.34. The van der Waals surface area contributed by atoms with E-state index < -0.39 is 0 Å². The van der Waals surface area contributed by atoms with Gasteiger partial charge in [0.05, 0.1) is 18.7 Å². The van der Waals surface area contributed by atoms with Crippen LogP contribution in [0, 0.1) is 17.7 Å². The first-order valence-electron chi connectivity index (χ1n) is 14.0. The van der Waals surface area contributed by atoms with Gasteiger partial charge in [-0.1, -0.05) is 63.0 Å². The molecule has 1 unspecified atom stereocenters. The number of aliphatic imine (C=N–C) groups is 1. The van der Waals surface area contributed by atoms with Crippen LogP contribution in [0.15, 0.2) is 56.6 Å². The van der Waals surface area contributed by atoms with E-state index in [1.165, 1.54) is 37.1 Å². The zero-order chi connectivity index (χ0) is 29.2. The second-order valence-electron chi connectivity index (χ2n) is 8.59. The van der Waals surface area contributed by atoms with Gasteiger partial charge in [-0.05, 0) is 68.2 Å². The van der Waals surface area contributed by atoms with Gasteiger partial charge in [0.25, 0.3) is 0 Å². The fourth-order valence-electron chi connectivity index (χ4n) is 4.11. The summed E-state index contributed by atoms with van der Waals surface area (Å²) >= 11 is 6.68. The van der Waals surface area contributed by atoms with Crippen molar-refractivity contribution in [3.63, 3.8) is 0 Å². The van der Waals surface area contributed by atoms with Gasteiger partial charge in [-0.15, -0.1) is 11.3 Å². The van der Waals surface area contributed by atoms with Gasteiger partial charge in [0.2, 0.25) is 0 Å². The van der Waals surface area contributed by atoms with E-state index in [9.17, 15) is 9.18 Å². The topological polar surface area (TPSA) is 54.8 Å². The van der Waals surface area contributed by atoms with E-state index in [0.29, 0.717) is 24.6 Å². The number of thioether (sulfide) groups is 1. The minimum absolute atomic E-state index is 0.209. The molecule has 3 aliphatic rings. The number of thiazole rings is 1. The van der Waals surface area contributed by atoms with Crippen LogP contribution in [0.3, 0.4) is 0 Å². The number of allylic oxidation sites excluding steroid dienone is 1. The SMILES string of the molecule is CC.CC.CCOC(=O)C1=C2C(C)CCN2C(c2nccs2)=NC1.CSCC1CCC1.Fc1cccc(Br)c1. The number of halogens is 2. The fourth-order valence-corrected chi connectivity index (χ4v) is 5.93. The Hall–Kier alpha value is -1.71. The summed E-state index contributed by atoms with van der Waals surface area (Å²) in [6.45, 7) is 13.7. The molecule has 1 aromatic carbocycles. The Morgan fingerprint density at radius 3 is 2.41 bits per heavy atom. The Morgan fingerprint density at radius 2 is 1.95 bits per heavy atom. The van der Waals surface area contributed by atoms with E-state index in [-0.39, 0.29) is 11.8 Å². The van der Waals surface area contributed by atoms with Crippen molar-refractivity contribution in [3.8, 4) is 0 Å². The molecule has 0 amide bonds. The van der Waals surface area contributed by atoms with E-state index in [1.54, 1.807) is 29.7 Å². The minimum Gasteiger partial charge on any atom is -0.463 e. The maximum Gasteiger partial charge on any atom is 0.337 e. The van der Waals surface area contributed by atoms with Gasteiger partial charge in [-0.3, -0.25) is 4.99 Å².